The lowest BCUT2D eigenvalue weighted by Gasteiger charge is -2.45. The van der Waals surface area contributed by atoms with Crippen LogP contribution in [0.25, 0.3) is 0 Å². The van der Waals surface area contributed by atoms with Crippen molar-refractivity contribution in [2.75, 3.05) is 7.11 Å². The van der Waals surface area contributed by atoms with Gasteiger partial charge in [-0.3, -0.25) is 4.79 Å². The highest BCUT2D eigenvalue weighted by molar-refractivity contribution is 5.77. The number of rotatable bonds is 4. The maximum Gasteiger partial charge on any atom is 0.220 e. The molecule has 2 fully saturated rings. The Morgan fingerprint density at radius 3 is 2.69 bits per heavy atom. The molecular weight excluding hydrogens is 324 g/mol. The molecule has 4 rings (SSSR count). The Kier molecular flexibility index (Phi) is 5.21. The van der Waals surface area contributed by atoms with Crippen LogP contribution in [0.15, 0.2) is 18.2 Å². The third kappa shape index (κ3) is 3.62. The van der Waals surface area contributed by atoms with E-state index in [4.69, 9.17) is 10.5 Å². The molecule has 1 aromatic rings. The molecule has 1 aromatic carbocycles. The van der Waals surface area contributed by atoms with Gasteiger partial charge in [-0.25, -0.2) is 0 Å². The number of ether oxygens (including phenoxy) is 1. The molecule has 3 unspecified atom stereocenters. The Morgan fingerprint density at radius 2 is 1.96 bits per heavy atom. The van der Waals surface area contributed by atoms with Crippen LogP contribution >= 0.6 is 0 Å². The highest BCUT2D eigenvalue weighted by Crippen LogP contribution is 2.40. The molecule has 4 nitrogen and oxygen atoms in total. The molecule has 0 radical (unpaired) electrons. The van der Waals surface area contributed by atoms with Crippen LogP contribution in [0, 0.1) is 11.8 Å². The number of amides is 1. The predicted octanol–water partition coefficient (Wildman–Crippen LogP) is 3.53. The molecule has 3 aliphatic carbocycles. The smallest absolute Gasteiger partial charge is 0.220 e. The van der Waals surface area contributed by atoms with E-state index in [9.17, 15) is 4.79 Å². The molecule has 0 spiro atoms. The molecule has 0 aromatic heterocycles. The zero-order chi connectivity index (χ0) is 18.1. The average molecular weight is 357 g/mol. The van der Waals surface area contributed by atoms with Crippen molar-refractivity contribution in [2.45, 2.75) is 75.8 Å². The number of aryl methyl sites for hydroxylation is 1. The third-order valence-corrected chi connectivity index (χ3v) is 6.92. The van der Waals surface area contributed by atoms with Crippen molar-refractivity contribution in [3.63, 3.8) is 0 Å². The lowest BCUT2D eigenvalue weighted by molar-refractivity contribution is -0.123. The number of hydrogen-bond acceptors (Lipinski definition) is 3. The molecule has 1 amide bonds. The number of nitrogens with two attached hydrogens (primary N) is 1. The lowest BCUT2D eigenvalue weighted by atomic mass is 9.67. The number of fused-ring (bicyclic) bond motifs is 3. The van der Waals surface area contributed by atoms with E-state index in [1.165, 1.54) is 30.4 Å². The summed E-state index contributed by atoms with van der Waals surface area (Å²) in [6, 6.07) is 7.03. The number of benzene rings is 1. The zero-order valence-corrected chi connectivity index (χ0v) is 15.9. The van der Waals surface area contributed by atoms with Crippen molar-refractivity contribution in [1.82, 2.24) is 5.32 Å². The maximum atomic E-state index is 12.9. The first-order chi connectivity index (χ1) is 12.6. The summed E-state index contributed by atoms with van der Waals surface area (Å²) in [6.07, 6.45) is 9.86. The highest BCUT2D eigenvalue weighted by atomic mass is 16.5. The zero-order valence-electron chi connectivity index (χ0n) is 15.9. The van der Waals surface area contributed by atoms with Crippen LogP contribution in [0.2, 0.25) is 0 Å². The summed E-state index contributed by atoms with van der Waals surface area (Å²) >= 11 is 0. The van der Waals surface area contributed by atoms with Crippen LogP contribution in [-0.4, -0.2) is 25.1 Å². The third-order valence-electron chi connectivity index (χ3n) is 6.92. The molecular formula is C22H32N2O2. The highest BCUT2D eigenvalue weighted by Gasteiger charge is 2.40. The average Bonchev–Trinajstić information content (AvgIpc) is 2.62. The molecule has 142 valence electrons. The number of carbonyl (C=O) groups is 1. The predicted molar refractivity (Wildman–Crippen MR) is 103 cm³/mol. The van der Waals surface area contributed by atoms with Gasteiger partial charge >= 0.3 is 0 Å². The van der Waals surface area contributed by atoms with Crippen molar-refractivity contribution < 1.29 is 9.53 Å². The van der Waals surface area contributed by atoms with E-state index in [1.54, 1.807) is 7.11 Å². The summed E-state index contributed by atoms with van der Waals surface area (Å²) in [5.41, 5.74) is 8.92. The first kappa shape index (κ1) is 17.8. The van der Waals surface area contributed by atoms with Gasteiger partial charge in [0, 0.05) is 18.5 Å². The Hall–Kier alpha value is -1.55. The monoisotopic (exact) mass is 356 g/mol. The minimum Gasteiger partial charge on any atom is -0.497 e. The fraction of sp³-hybridized carbons (Fsp3) is 0.682. The van der Waals surface area contributed by atoms with Crippen LogP contribution in [0.5, 0.6) is 5.75 Å². The molecule has 0 saturated heterocycles. The van der Waals surface area contributed by atoms with E-state index >= 15 is 0 Å². The van der Waals surface area contributed by atoms with Crippen molar-refractivity contribution in [1.29, 1.82) is 0 Å². The first-order valence-electron chi connectivity index (χ1n) is 10.4. The van der Waals surface area contributed by atoms with E-state index < -0.39 is 0 Å². The number of nitrogens with one attached hydrogen (secondary N) is 1. The van der Waals surface area contributed by atoms with E-state index in [1.807, 2.05) is 6.07 Å². The van der Waals surface area contributed by atoms with E-state index in [2.05, 4.69) is 17.4 Å². The van der Waals surface area contributed by atoms with Gasteiger partial charge in [0.2, 0.25) is 5.91 Å². The quantitative estimate of drug-likeness (QED) is 0.867. The molecule has 3 atom stereocenters. The van der Waals surface area contributed by atoms with Gasteiger partial charge in [-0.1, -0.05) is 12.5 Å². The second-order valence-corrected chi connectivity index (χ2v) is 8.63. The fourth-order valence-electron chi connectivity index (χ4n) is 5.72. The second-order valence-electron chi connectivity index (χ2n) is 8.63. The Balaban J connectivity index is 1.41. The van der Waals surface area contributed by atoms with Gasteiger partial charge in [-0.05, 0) is 86.0 Å². The number of methoxy groups -OCH3 is 1. The minimum absolute atomic E-state index is 0.232. The molecule has 3 N–H and O–H groups in total. The lowest BCUT2D eigenvalue weighted by Crippen LogP contribution is -2.53. The van der Waals surface area contributed by atoms with Crippen molar-refractivity contribution >= 4 is 5.91 Å². The molecule has 2 bridgehead atoms. The standard InChI is InChI=1S/C22H32N2O2/c1-26-19-8-9-20-14(12-19)4-2-5-15(20)13-21(25)24-22-16-6-3-7-17(22)11-18(23)10-16/h8-9,12,15-18,22H,2-7,10-11,13,23H2,1H3,(H,24,25). The van der Waals surface area contributed by atoms with Crippen LogP contribution in [0.1, 0.15) is 68.4 Å². The van der Waals surface area contributed by atoms with Gasteiger partial charge in [-0.15, -0.1) is 0 Å². The molecule has 3 aliphatic rings. The van der Waals surface area contributed by atoms with E-state index in [0.29, 0.717) is 36.3 Å². The number of carbonyl (C=O) groups excluding carboxylic acids is 1. The molecule has 0 aliphatic heterocycles. The Labute approximate surface area is 156 Å². The van der Waals surface area contributed by atoms with Crippen molar-refractivity contribution in [2.24, 2.45) is 17.6 Å². The molecule has 0 heterocycles. The summed E-state index contributed by atoms with van der Waals surface area (Å²) in [7, 11) is 1.71. The van der Waals surface area contributed by atoms with Crippen molar-refractivity contribution in [3.05, 3.63) is 29.3 Å². The summed E-state index contributed by atoms with van der Waals surface area (Å²) in [6.45, 7) is 0. The first-order valence-corrected chi connectivity index (χ1v) is 10.4. The van der Waals surface area contributed by atoms with Crippen LogP contribution < -0.4 is 15.8 Å². The van der Waals surface area contributed by atoms with Gasteiger partial charge in [0.05, 0.1) is 7.11 Å². The molecule has 2 saturated carbocycles. The summed E-state index contributed by atoms with van der Waals surface area (Å²) in [5, 5.41) is 3.42. The maximum absolute atomic E-state index is 12.9. The van der Waals surface area contributed by atoms with Gasteiger partial charge in [0.25, 0.3) is 0 Å². The largest absolute Gasteiger partial charge is 0.497 e. The topological polar surface area (TPSA) is 64.3 Å². The van der Waals surface area contributed by atoms with E-state index in [-0.39, 0.29) is 5.91 Å². The van der Waals surface area contributed by atoms with Crippen LogP contribution in [0.4, 0.5) is 0 Å². The van der Waals surface area contributed by atoms with Gasteiger partial charge in [-0.2, -0.15) is 0 Å². The molecule has 4 heteroatoms. The van der Waals surface area contributed by atoms with Gasteiger partial charge in [0.1, 0.15) is 5.75 Å². The summed E-state index contributed by atoms with van der Waals surface area (Å²) < 4.78 is 5.36. The second kappa shape index (κ2) is 7.59. The SMILES string of the molecule is COc1ccc2c(c1)CCCC2CC(=O)NC1C2CCCC1CC(N)C2. The fourth-order valence-corrected chi connectivity index (χ4v) is 5.72. The summed E-state index contributed by atoms with van der Waals surface area (Å²) in [5.74, 6) is 2.67. The van der Waals surface area contributed by atoms with Gasteiger partial charge in [0.15, 0.2) is 0 Å². The molecule has 26 heavy (non-hydrogen) atoms. The van der Waals surface area contributed by atoms with Crippen LogP contribution in [-0.2, 0) is 11.2 Å². The summed E-state index contributed by atoms with van der Waals surface area (Å²) in [4.78, 5) is 12.9. The van der Waals surface area contributed by atoms with Gasteiger partial charge < -0.3 is 15.8 Å². The van der Waals surface area contributed by atoms with E-state index in [0.717, 1.165) is 37.9 Å². The Morgan fingerprint density at radius 1 is 1.19 bits per heavy atom. The normalized spacial score (nSPS) is 33.2. The number of hydrogen-bond donors (Lipinski definition) is 2. The van der Waals surface area contributed by atoms with Crippen LogP contribution in [0.3, 0.4) is 0 Å². The van der Waals surface area contributed by atoms with Crippen molar-refractivity contribution in [3.8, 4) is 5.75 Å². The Bertz CT molecular complexity index is 646. The minimum atomic E-state index is 0.232.